The molecule has 2 saturated heterocycles. The molecule has 30 heavy (non-hydrogen) atoms. The minimum absolute atomic E-state index is 0.0879. The molecule has 0 bridgehead atoms. The van der Waals surface area contributed by atoms with Gasteiger partial charge in [-0.15, -0.1) is 11.3 Å². The highest BCUT2D eigenvalue weighted by Gasteiger charge is 2.33. The zero-order valence-corrected chi connectivity index (χ0v) is 18.9. The summed E-state index contributed by atoms with van der Waals surface area (Å²) in [6.45, 7) is 9.00. The number of esters is 1. The van der Waals surface area contributed by atoms with Crippen LogP contribution in [0.3, 0.4) is 0 Å². The Morgan fingerprint density at radius 1 is 1.13 bits per heavy atom. The van der Waals surface area contributed by atoms with Crippen molar-refractivity contribution in [2.24, 2.45) is 11.8 Å². The second-order valence-corrected chi connectivity index (χ2v) is 9.34. The number of nitrogens with zero attached hydrogens (tertiary/aromatic N) is 3. The molecule has 2 fully saturated rings. The van der Waals surface area contributed by atoms with Crippen molar-refractivity contribution in [3.05, 3.63) is 10.6 Å². The average molecular weight is 437 g/mol. The van der Waals surface area contributed by atoms with Gasteiger partial charge in [-0.3, -0.25) is 19.3 Å². The van der Waals surface area contributed by atoms with E-state index in [1.165, 1.54) is 11.3 Å². The first kappa shape index (κ1) is 22.7. The van der Waals surface area contributed by atoms with Crippen LogP contribution in [-0.2, 0) is 19.1 Å². The molecule has 166 valence electrons. The average Bonchev–Trinajstić information content (AvgIpc) is 3.04. The third-order valence-electron chi connectivity index (χ3n) is 5.92. The first-order valence-electron chi connectivity index (χ1n) is 10.8. The summed E-state index contributed by atoms with van der Waals surface area (Å²) in [6, 6.07) is 0. The summed E-state index contributed by atoms with van der Waals surface area (Å²) in [5.74, 6) is -0.278. The highest BCUT2D eigenvalue weighted by molar-refractivity contribution is 7.15. The first-order chi connectivity index (χ1) is 14.4. The van der Waals surface area contributed by atoms with E-state index in [-0.39, 0.29) is 36.2 Å². The Balaban J connectivity index is 1.46. The number of aryl methyl sites for hydroxylation is 2. The fraction of sp³-hybridized carbons (Fsp3) is 0.714. The van der Waals surface area contributed by atoms with Gasteiger partial charge in [-0.25, -0.2) is 4.98 Å². The van der Waals surface area contributed by atoms with Crippen molar-refractivity contribution in [1.29, 1.82) is 0 Å². The van der Waals surface area contributed by atoms with Crippen LogP contribution in [0.1, 0.15) is 43.2 Å². The number of carbonyl (C=O) groups is 3. The van der Waals surface area contributed by atoms with Crippen molar-refractivity contribution in [2.45, 2.75) is 46.5 Å². The van der Waals surface area contributed by atoms with Crippen LogP contribution in [0.25, 0.3) is 0 Å². The highest BCUT2D eigenvalue weighted by Crippen LogP contribution is 2.24. The molecule has 2 aliphatic rings. The molecular weight excluding hydrogens is 404 g/mol. The van der Waals surface area contributed by atoms with E-state index in [2.05, 4.69) is 15.2 Å². The number of thiazole rings is 1. The maximum atomic E-state index is 13.0. The second kappa shape index (κ2) is 10.3. The van der Waals surface area contributed by atoms with Gasteiger partial charge in [0, 0.05) is 24.5 Å². The summed E-state index contributed by atoms with van der Waals surface area (Å²) in [7, 11) is 0. The van der Waals surface area contributed by atoms with Crippen LogP contribution in [0.15, 0.2) is 0 Å². The molecular formula is C21H32N4O4S. The van der Waals surface area contributed by atoms with Crippen molar-refractivity contribution in [1.82, 2.24) is 14.8 Å². The molecule has 0 saturated carbocycles. The molecule has 1 N–H and O–H groups in total. The van der Waals surface area contributed by atoms with Crippen LogP contribution >= 0.6 is 11.3 Å². The van der Waals surface area contributed by atoms with Crippen LogP contribution in [0.2, 0.25) is 0 Å². The van der Waals surface area contributed by atoms with Gasteiger partial charge in [0.05, 0.1) is 30.7 Å². The van der Waals surface area contributed by atoms with E-state index in [0.717, 1.165) is 30.0 Å². The summed E-state index contributed by atoms with van der Waals surface area (Å²) >= 11 is 1.48. The van der Waals surface area contributed by atoms with Crippen molar-refractivity contribution in [2.75, 3.05) is 44.6 Å². The van der Waals surface area contributed by atoms with Crippen LogP contribution in [0.5, 0.6) is 0 Å². The number of rotatable bonds is 6. The lowest BCUT2D eigenvalue weighted by Crippen LogP contribution is -2.49. The summed E-state index contributed by atoms with van der Waals surface area (Å²) in [6.07, 6.45) is 3.07. The lowest BCUT2D eigenvalue weighted by molar-refractivity contribution is -0.152. The van der Waals surface area contributed by atoms with Crippen molar-refractivity contribution >= 4 is 34.3 Å². The molecule has 1 atom stereocenters. The van der Waals surface area contributed by atoms with Gasteiger partial charge in [-0.1, -0.05) is 0 Å². The van der Waals surface area contributed by atoms with Crippen molar-refractivity contribution in [3.63, 3.8) is 0 Å². The molecule has 0 radical (unpaired) electrons. The molecule has 9 heteroatoms. The number of carbonyl (C=O) groups excluding carboxylic acids is 3. The lowest BCUT2D eigenvalue weighted by atomic mass is 9.93. The molecule has 1 aromatic rings. The maximum Gasteiger partial charge on any atom is 0.309 e. The van der Waals surface area contributed by atoms with Crippen LogP contribution in [-0.4, -0.2) is 71.9 Å². The standard InChI is InChI=1S/C21H32N4O4S/c1-4-29-20(28)16-7-10-25(11-8-16)19(27)17-6-5-9-24(12-17)13-18(26)23-21-22-14(2)15(3)30-21/h16-17H,4-13H2,1-3H3,(H,22,23,26). The van der Waals surface area contributed by atoms with E-state index in [0.29, 0.717) is 44.2 Å². The Bertz CT molecular complexity index is 754. The molecule has 1 unspecified atom stereocenters. The molecule has 8 nitrogen and oxygen atoms in total. The largest absolute Gasteiger partial charge is 0.466 e. The van der Waals surface area contributed by atoms with Crippen LogP contribution < -0.4 is 5.32 Å². The Labute approximate surface area is 182 Å². The Morgan fingerprint density at radius 2 is 1.87 bits per heavy atom. The number of anilines is 1. The summed E-state index contributed by atoms with van der Waals surface area (Å²) in [4.78, 5) is 46.7. The normalized spacial score (nSPS) is 20.8. The molecule has 0 aliphatic carbocycles. The monoisotopic (exact) mass is 436 g/mol. The zero-order chi connectivity index (χ0) is 21.7. The first-order valence-corrected chi connectivity index (χ1v) is 11.6. The molecule has 0 aromatic carbocycles. The lowest BCUT2D eigenvalue weighted by Gasteiger charge is -2.37. The smallest absolute Gasteiger partial charge is 0.309 e. The molecule has 3 rings (SSSR count). The number of aromatic nitrogens is 1. The van der Waals surface area contributed by atoms with Gasteiger partial charge in [0.15, 0.2) is 5.13 Å². The number of hydrogen-bond donors (Lipinski definition) is 1. The topological polar surface area (TPSA) is 91.8 Å². The maximum absolute atomic E-state index is 13.0. The Hall–Kier alpha value is -2.00. The van der Waals surface area contributed by atoms with Gasteiger partial charge in [0.1, 0.15) is 0 Å². The summed E-state index contributed by atoms with van der Waals surface area (Å²) < 4.78 is 5.10. The predicted octanol–water partition coefficient (Wildman–Crippen LogP) is 2.21. The number of ether oxygens (including phenoxy) is 1. The van der Waals surface area contributed by atoms with E-state index in [1.807, 2.05) is 25.7 Å². The van der Waals surface area contributed by atoms with E-state index in [9.17, 15) is 14.4 Å². The van der Waals surface area contributed by atoms with Gasteiger partial charge in [-0.05, 0) is 53.0 Å². The minimum Gasteiger partial charge on any atom is -0.466 e. The summed E-state index contributed by atoms with van der Waals surface area (Å²) in [5, 5.41) is 3.50. The molecule has 0 spiro atoms. The Kier molecular flexibility index (Phi) is 7.82. The number of likely N-dealkylation sites (tertiary alicyclic amines) is 2. The van der Waals surface area contributed by atoms with E-state index in [4.69, 9.17) is 4.74 Å². The van der Waals surface area contributed by atoms with Crippen molar-refractivity contribution < 1.29 is 19.1 Å². The molecule has 2 aliphatic heterocycles. The predicted molar refractivity (Wildman–Crippen MR) is 115 cm³/mol. The van der Waals surface area contributed by atoms with Crippen molar-refractivity contribution in [3.8, 4) is 0 Å². The number of nitrogens with one attached hydrogen (secondary N) is 1. The van der Waals surface area contributed by atoms with Crippen LogP contribution in [0.4, 0.5) is 5.13 Å². The highest BCUT2D eigenvalue weighted by atomic mass is 32.1. The SMILES string of the molecule is CCOC(=O)C1CCN(C(=O)C2CCCN(CC(=O)Nc3nc(C)c(C)s3)C2)CC1. The van der Waals surface area contributed by atoms with Gasteiger partial charge in [-0.2, -0.15) is 0 Å². The van der Waals surface area contributed by atoms with Gasteiger partial charge >= 0.3 is 5.97 Å². The molecule has 3 heterocycles. The summed E-state index contributed by atoms with van der Waals surface area (Å²) in [5.41, 5.74) is 0.936. The number of piperidine rings is 2. The van der Waals surface area contributed by atoms with Gasteiger partial charge < -0.3 is 15.0 Å². The van der Waals surface area contributed by atoms with Crippen LogP contribution in [0, 0.1) is 25.7 Å². The fourth-order valence-corrected chi connectivity index (χ4v) is 4.97. The third kappa shape index (κ3) is 5.78. The third-order valence-corrected chi connectivity index (χ3v) is 6.91. The van der Waals surface area contributed by atoms with E-state index >= 15 is 0 Å². The molecule has 2 amide bonds. The minimum atomic E-state index is -0.148. The van der Waals surface area contributed by atoms with Gasteiger partial charge in [0.2, 0.25) is 11.8 Å². The van der Waals surface area contributed by atoms with Gasteiger partial charge in [0.25, 0.3) is 0 Å². The van der Waals surface area contributed by atoms with E-state index in [1.54, 1.807) is 0 Å². The fourth-order valence-electron chi connectivity index (χ4n) is 4.14. The van der Waals surface area contributed by atoms with E-state index < -0.39 is 0 Å². The number of amides is 2. The molecule has 1 aromatic heterocycles. The zero-order valence-electron chi connectivity index (χ0n) is 18.1. The second-order valence-electron chi connectivity index (χ2n) is 8.13. The number of hydrogen-bond acceptors (Lipinski definition) is 7. The Morgan fingerprint density at radius 3 is 2.50 bits per heavy atom. The quantitative estimate of drug-likeness (QED) is 0.688.